The highest BCUT2D eigenvalue weighted by molar-refractivity contribution is 8.01. The molecule has 0 fully saturated rings. The Balaban J connectivity index is 1.34. The van der Waals surface area contributed by atoms with Crippen molar-refractivity contribution in [3.63, 3.8) is 0 Å². The molecule has 0 aliphatic carbocycles. The maximum Gasteiger partial charge on any atom is 0.323 e. The smallest absolute Gasteiger partial charge is 0.323 e. The van der Waals surface area contributed by atoms with Gasteiger partial charge in [-0.1, -0.05) is 35.5 Å². The van der Waals surface area contributed by atoms with Crippen molar-refractivity contribution < 1.29 is 9.59 Å². The summed E-state index contributed by atoms with van der Waals surface area (Å²) in [6, 6.07) is 18.8. The van der Waals surface area contributed by atoms with E-state index in [1.165, 1.54) is 28.7 Å². The van der Waals surface area contributed by atoms with E-state index in [4.69, 9.17) is 0 Å². The highest BCUT2D eigenvalue weighted by Gasteiger charge is 2.10. The Hall–Kier alpha value is -3.36. The summed E-state index contributed by atoms with van der Waals surface area (Å²) in [5.74, 6) is 0.203. The summed E-state index contributed by atoms with van der Waals surface area (Å²) in [5, 5.41) is 8.60. The van der Waals surface area contributed by atoms with Crippen LogP contribution in [0.1, 0.15) is 16.7 Å². The molecule has 1 heterocycles. The monoisotopic (exact) mass is 476 g/mol. The fraction of sp³-hybridized carbons (Fsp3) is 0.160. The lowest BCUT2D eigenvalue weighted by Crippen LogP contribution is -2.19. The van der Waals surface area contributed by atoms with E-state index in [0.717, 1.165) is 37.1 Å². The number of benzene rings is 3. The Morgan fingerprint density at radius 1 is 0.818 bits per heavy atom. The van der Waals surface area contributed by atoms with Gasteiger partial charge in [-0.3, -0.25) is 4.79 Å². The molecule has 0 spiro atoms. The van der Waals surface area contributed by atoms with Gasteiger partial charge in [-0.25, -0.2) is 9.78 Å². The van der Waals surface area contributed by atoms with E-state index in [-0.39, 0.29) is 17.7 Å². The van der Waals surface area contributed by atoms with Crippen LogP contribution in [0, 0.1) is 20.8 Å². The van der Waals surface area contributed by atoms with Crippen molar-refractivity contribution >= 4 is 62.3 Å². The number of carbonyl (C=O) groups excluding carboxylic acids is 2. The minimum atomic E-state index is -0.305. The van der Waals surface area contributed by atoms with E-state index in [1.54, 1.807) is 0 Å². The van der Waals surface area contributed by atoms with Crippen molar-refractivity contribution in [3.05, 3.63) is 77.4 Å². The van der Waals surface area contributed by atoms with Crippen molar-refractivity contribution in [1.29, 1.82) is 0 Å². The summed E-state index contributed by atoms with van der Waals surface area (Å²) >= 11 is 2.90. The highest BCUT2D eigenvalue weighted by atomic mass is 32.2. The molecule has 0 unspecified atom stereocenters. The van der Waals surface area contributed by atoms with E-state index in [1.807, 2.05) is 81.4 Å². The number of nitrogens with one attached hydrogen (secondary N) is 3. The van der Waals surface area contributed by atoms with Gasteiger partial charge in [0.1, 0.15) is 0 Å². The number of aromatic nitrogens is 1. The number of thiazole rings is 1. The molecule has 0 atom stereocenters. The SMILES string of the molecule is Cc1ccc(NC(=O)Nc2ccc3nc(SCC(=O)Nc4ccc(C)c(C)c4)sc3c2)cc1. The number of amides is 3. The zero-order chi connectivity index (χ0) is 23.4. The predicted molar refractivity (Wildman–Crippen MR) is 139 cm³/mol. The standard InChI is InChI=1S/C25H24N4O2S2/c1-15-4-7-18(8-5-15)27-24(31)28-20-10-11-21-22(13-20)33-25(29-21)32-14-23(30)26-19-9-6-16(2)17(3)12-19/h4-13H,14H2,1-3H3,(H,26,30)(H2,27,28,31). The first-order valence-electron chi connectivity index (χ1n) is 10.4. The number of urea groups is 1. The average Bonchev–Trinajstić information content (AvgIpc) is 3.19. The summed E-state index contributed by atoms with van der Waals surface area (Å²) in [6.45, 7) is 6.06. The summed E-state index contributed by atoms with van der Waals surface area (Å²) in [5.41, 5.74) is 6.51. The van der Waals surface area contributed by atoms with E-state index in [2.05, 4.69) is 20.9 Å². The molecule has 0 aliphatic heterocycles. The van der Waals surface area contributed by atoms with Crippen LogP contribution in [-0.4, -0.2) is 22.7 Å². The number of hydrogen-bond donors (Lipinski definition) is 3. The van der Waals surface area contributed by atoms with E-state index < -0.39 is 0 Å². The minimum absolute atomic E-state index is 0.0716. The molecule has 0 saturated heterocycles. The largest absolute Gasteiger partial charge is 0.325 e. The number of anilines is 3. The average molecular weight is 477 g/mol. The fourth-order valence-electron chi connectivity index (χ4n) is 3.12. The third-order valence-corrected chi connectivity index (χ3v) is 7.21. The van der Waals surface area contributed by atoms with Crippen molar-refractivity contribution in [1.82, 2.24) is 4.98 Å². The van der Waals surface area contributed by atoms with Crippen molar-refractivity contribution in [2.24, 2.45) is 0 Å². The van der Waals surface area contributed by atoms with Crippen LogP contribution < -0.4 is 16.0 Å². The van der Waals surface area contributed by atoms with Crippen LogP contribution in [0.2, 0.25) is 0 Å². The van der Waals surface area contributed by atoms with Gasteiger partial charge < -0.3 is 16.0 Å². The Bertz CT molecular complexity index is 1320. The van der Waals surface area contributed by atoms with Gasteiger partial charge in [0, 0.05) is 17.1 Å². The molecule has 33 heavy (non-hydrogen) atoms. The Labute approximate surface area is 200 Å². The molecule has 3 aromatic carbocycles. The fourth-order valence-corrected chi connectivity index (χ4v) is 5.02. The van der Waals surface area contributed by atoms with Crippen LogP contribution in [0.3, 0.4) is 0 Å². The number of carbonyl (C=O) groups is 2. The van der Waals surface area contributed by atoms with Crippen molar-refractivity contribution in [3.8, 4) is 0 Å². The quantitative estimate of drug-likeness (QED) is 0.274. The molecule has 4 aromatic rings. The molecule has 0 bridgehead atoms. The van der Waals surface area contributed by atoms with Gasteiger partial charge in [0.05, 0.1) is 16.0 Å². The predicted octanol–water partition coefficient (Wildman–Crippen LogP) is 6.60. The number of thioether (sulfide) groups is 1. The van der Waals surface area contributed by atoms with Crippen LogP contribution in [0.15, 0.2) is 65.0 Å². The third kappa shape index (κ3) is 6.12. The molecular weight excluding hydrogens is 452 g/mol. The molecule has 4 rings (SSSR count). The van der Waals surface area contributed by atoms with E-state index >= 15 is 0 Å². The number of nitrogens with zero attached hydrogens (tertiary/aromatic N) is 1. The lowest BCUT2D eigenvalue weighted by atomic mass is 10.1. The second-order valence-electron chi connectivity index (χ2n) is 7.74. The zero-order valence-electron chi connectivity index (χ0n) is 18.6. The van der Waals surface area contributed by atoms with Crippen molar-refractivity contribution in [2.75, 3.05) is 21.7 Å². The van der Waals surface area contributed by atoms with Gasteiger partial charge in [0.25, 0.3) is 0 Å². The number of hydrogen-bond acceptors (Lipinski definition) is 5. The van der Waals surface area contributed by atoms with Crippen LogP contribution in [0.5, 0.6) is 0 Å². The number of rotatable bonds is 6. The Kier molecular flexibility index (Phi) is 6.96. The molecule has 8 heteroatoms. The maximum atomic E-state index is 12.3. The first kappa shape index (κ1) is 22.8. The van der Waals surface area contributed by atoms with Gasteiger partial charge in [-0.05, 0) is 74.4 Å². The molecule has 0 saturated carbocycles. The second-order valence-corrected chi connectivity index (χ2v) is 10.00. The van der Waals surface area contributed by atoms with Gasteiger partial charge >= 0.3 is 6.03 Å². The first-order valence-corrected chi connectivity index (χ1v) is 12.2. The van der Waals surface area contributed by atoms with E-state index in [9.17, 15) is 9.59 Å². The first-order chi connectivity index (χ1) is 15.9. The third-order valence-electron chi connectivity index (χ3n) is 5.05. The van der Waals surface area contributed by atoms with Gasteiger partial charge in [-0.15, -0.1) is 11.3 Å². The maximum absolute atomic E-state index is 12.3. The Morgan fingerprint density at radius 3 is 2.24 bits per heavy atom. The lowest BCUT2D eigenvalue weighted by Gasteiger charge is -2.07. The summed E-state index contributed by atoms with van der Waals surface area (Å²) in [4.78, 5) is 29.2. The number of aryl methyl sites for hydroxylation is 3. The summed E-state index contributed by atoms with van der Waals surface area (Å²) in [6.07, 6.45) is 0. The van der Waals surface area contributed by atoms with Crippen molar-refractivity contribution in [2.45, 2.75) is 25.1 Å². The lowest BCUT2D eigenvalue weighted by molar-refractivity contribution is -0.113. The number of fused-ring (bicyclic) bond motifs is 1. The molecule has 6 nitrogen and oxygen atoms in total. The Morgan fingerprint density at radius 2 is 1.48 bits per heavy atom. The van der Waals surface area contributed by atoms with Gasteiger partial charge in [-0.2, -0.15) is 0 Å². The normalized spacial score (nSPS) is 10.8. The molecule has 0 radical (unpaired) electrons. The highest BCUT2D eigenvalue weighted by Crippen LogP contribution is 2.31. The topological polar surface area (TPSA) is 83.1 Å². The van der Waals surface area contributed by atoms with Gasteiger partial charge in [0.2, 0.25) is 5.91 Å². The van der Waals surface area contributed by atoms with Crippen LogP contribution in [0.25, 0.3) is 10.2 Å². The molecule has 3 amide bonds. The zero-order valence-corrected chi connectivity index (χ0v) is 20.2. The van der Waals surface area contributed by atoms with E-state index in [0.29, 0.717) is 5.69 Å². The molecule has 3 N–H and O–H groups in total. The second kappa shape index (κ2) is 10.1. The summed E-state index contributed by atoms with van der Waals surface area (Å²) < 4.78 is 1.75. The van der Waals surface area contributed by atoms with Gasteiger partial charge in [0.15, 0.2) is 4.34 Å². The summed E-state index contributed by atoms with van der Waals surface area (Å²) in [7, 11) is 0. The van der Waals surface area contributed by atoms with Crippen LogP contribution in [-0.2, 0) is 4.79 Å². The molecule has 1 aromatic heterocycles. The van der Waals surface area contributed by atoms with Crippen LogP contribution in [0.4, 0.5) is 21.9 Å². The molecule has 168 valence electrons. The van der Waals surface area contributed by atoms with Crippen LogP contribution >= 0.6 is 23.1 Å². The molecular formula is C25H24N4O2S2. The molecule has 0 aliphatic rings. The minimum Gasteiger partial charge on any atom is -0.325 e.